The monoisotopic (exact) mass is 291 g/mol. The molecule has 1 aromatic carbocycles. The second-order valence-corrected chi connectivity index (χ2v) is 7.02. The van der Waals surface area contributed by atoms with Gasteiger partial charge in [-0.05, 0) is 54.9 Å². The highest BCUT2D eigenvalue weighted by Crippen LogP contribution is 2.38. The second kappa shape index (κ2) is 5.66. The van der Waals surface area contributed by atoms with Gasteiger partial charge in [-0.25, -0.2) is 0 Å². The molecule has 0 bridgehead atoms. The van der Waals surface area contributed by atoms with Gasteiger partial charge in [0, 0.05) is 10.9 Å². The van der Waals surface area contributed by atoms with Gasteiger partial charge in [-0.3, -0.25) is 0 Å². The summed E-state index contributed by atoms with van der Waals surface area (Å²) in [5.74, 6) is 0.598. The molecular formula is C16H18ClNS. The van der Waals surface area contributed by atoms with Crippen molar-refractivity contribution in [2.75, 3.05) is 0 Å². The zero-order valence-electron chi connectivity index (χ0n) is 10.8. The number of fused-ring (bicyclic) bond motifs is 1. The summed E-state index contributed by atoms with van der Waals surface area (Å²) in [4.78, 5) is 1.20. The lowest BCUT2D eigenvalue weighted by molar-refractivity contribution is 0.479. The van der Waals surface area contributed by atoms with Crippen LogP contribution in [0.15, 0.2) is 36.4 Å². The summed E-state index contributed by atoms with van der Waals surface area (Å²) < 4.78 is 0.828. The van der Waals surface area contributed by atoms with Gasteiger partial charge < -0.3 is 5.73 Å². The predicted octanol–water partition coefficient (Wildman–Crippen LogP) is 4.91. The maximum absolute atomic E-state index is 6.35. The third-order valence-corrected chi connectivity index (χ3v) is 5.35. The fourth-order valence-corrected chi connectivity index (χ4v) is 4.12. The van der Waals surface area contributed by atoms with E-state index in [1.807, 2.05) is 6.07 Å². The van der Waals surface area contributed by atoms with Crippen molar-refractivity contribution >= 4 is 22.9 Å². The molecule has 1 nitrogen and oxygen atoms in total. The lowest BCUT2D eigenvalue weighted by atomic mass is 9.79. The Balaban J connectivity index is 1.77. The maximum Gasteiger partial charge on any atom is 0.0931 e. The average Bonchev–Trinajstić information content (AvgIpc) is 2.86. The van der Waals surface area contributed by atoms with E-state index in [0.717, 1.165) is 10.8 Å². The summed E-state index contributed by atoms with van der Waals surface area (Å²) in [5.41, 5.74) is 9.36. The highest BCUT2D eigenvalue weighted by Gasteiger charge is 2.23. The molecule has 0 radical (unpaired) electrons. The molecule has 3 heteroatoms. The highest BCUT2D eigenvalue weighted by atomic mass is 35.5. The first kappa shape index (κ1) is 13.2. The van der Waals surface area contributed by atoms with Crippen LogP contribution in [0.4, 0.5) is 0 Å². The van der Waals surface area contributed by atoms with E-state index in [0.29, 0.717) is 5.92 Å². The van der Waals surface area contributed by atoms with Crippen molar-refractivity contribution in [3.63, 3.8) is 0 Å². The van der Waals surface area contributed by atoms with Crippen LogP contribution in [0.3, 0.4) is 0 Å². The molecule has 2 aromatic rings. The molecule has 0 fully saturated rings. The molecule has 1 aliphatic rings. The Hall–Kier alpha value is -0.830. The molecule has 2 atom stereocenters. The largest absolute Gasteiger partial charge is 0.323 e. The van der Waals surface area contributed by atoms with Crippen LogP contribution in [0, 0.1) is 0 Å². The van der Waals surface area contributed by atoms with Crippen molar-refractivity contribution in [1.29, 1.82) is 0 Å². The fraction of sp³-hybridized carbons (Fsp3) is 0.375. The van der Waals surface area contributed by atoms with Crippen LogP contribution in [0.25, 0.3) is 0 Å². The number of benzene rings is 1. The van der Waals surface area contributed by atoms with Gasteiger partial charge in [0.2, 0.25) is 0 Å². The van der Waals surface area contributed by atoms with Crippen LogP contribution in [0.5, 0.6) is 0 Å². The van der Waals surface area contributed by atoms with Gasteiger partial charge in [0.25, 0.3) is 0 Å². The predicted molar refractivity (Wildman–Crippen MR) is 83.0 cm³/mol. The smallest absolute Gasteiger partial charge is 0.0931 e. The molecule has 2 unspecified atom stereocenters. The first-order valence-electron chi connectivity index (χ1n) is 6.82. The SMILES string of the molecule is NC(CC1CCCc2ccccc21)c1ccc(Cl)s1. The van der Waals surface area contributed by atoms with Crippen molar-refractivity contribution in [1.82, 2.24) is 0 Å². The molecule has 100 valence electrons. The van der Waals surface area contributed by atoms with Gasteiger partial charge in [-0.1, -0.05) is 35.9 Å². The highest BCUT2D eigenvalue weighted by molar-refractivity contribution is 7.16. The minimum Gasteiger partial charge on any atom is -0.323 e. The standard InChI is InChI=1S/C16H18ClNS/c17-16-9-8-15(19-16)14(18)10-12-6-3-5-11-4-1-2-7-13(11)12/h1-2,4,7-9,12,14H,3,5-6,10,18H2. The van der Waals surface area contributed by atoms with Crippen LogP contribution >= 0.6 is 22.9 Å². The van der Waals surface area contributed by atoms with Crippen LogP contribution in [0.1, 0.15) is 47.2 Å². The van der Waals surface area contributed by atoms with E-state index >= 15 is 0 Å². The number of aryl methyl sites for hydroxylation is 1. The lowest BCUT2D eigenvalue weighted by Gasteiger charge is -2.27. The number of hydrogen-bond acceptors (Lipinski definition) is 2. The lowest BCUT2D eigenvalue weighted by Crippen LogP contribution is -2.17. The van der Waals surface area contributed by atoms with E-state index in [1.165, 1.54) is 35.3 Å². The molecule has 0 amide bonds. The fourth-order valence-electron chi connectivity index (χ4n) is 3.05. The third kappa shape index (κ3) is 2.86. The molecule has 1 heterocycles. The third-order valence-electron chi connectivity index (χ3n) is 3.99. The Kier molecular flexibility index (Phi) is 3.92. The maximum atomic E-state index is 6.35. The molecule has 0 saturated heterocycles. The van der Waals surface area contributed by atoms with E-state index < -0.39 is 0 Å². The van der Waals surface area contributed by atoms with Gasteiger partial charge in [-0.2, -0.15) is 0 Å². The van der Waals surface area contributed by atoms with Gasteiger partial charge in [0.1, 0.15) is 0 Å². The van der Waals surface area contributed by atoms with E-state index in [9.17, 15) is 0 Å². The summed E-state index contributed by atoms with van der Waals surface area (Å²) in [6.45, 7) is 0. The van der Waals surface area contributed by atoms with E-state index in [4.69, 9.17) is 17.3 Å². The number of hydrogen-bond donors (Lipinski definition) is 1. The number of thiophene rings is 1. The quantitative estimate of drug-likeness (QED) is 0.854. The summed E-state index contributed by atoms with van der Waals surface area (Å²) >= 11 is 7.60. The average molecular weight is 292 g/mol. The van der Waals surface area contributed by atoms with E-state index in [2.05, 4.69) is 30.3 Å². The molecule has 3 rings (SSSR count). The number of nitrogens with two attached hydrogens (primary N) is 1. The zero-order valence-corrected chi connectivity index (χ0v) is 12.4. The molecule has 0 saturated carbocycles. The summed E-state index contributed by atoms with van der Waals surface area (Å²) in [7, 11) is 0. The summed E-state index contributed by atoms with van der Waals surface area (Å²) in [5, 5.41) is 0. The zero-order chi connectivity index (χ0) is 13.2. The summed E-state index contributed by atoms with van der Waals surface area (Å²) in [6, 6.07) is 12.9. The van der Waals surface area contributed by atoms with Crippen molar-refractivity contribution in [2.24, 2.45) is 5.73 Å². The second-order valence-electron chi connectivity index (χ2n) is 5.27. The molecule has 19 heavy (non-hydrogen) atoms. The first-order chi connectivity index (χ1) is 9.24. The molecule has 2 N–H and O–H groups in total. The Labute approximate surface area is 123 Å². The van der Waals surface area contributed by atoms with Gasteiger partial charge in [0.15, 0.2) is 0 Å². The first-order valence-corrected chi connectivity index (χ1v) is 8.02. The molecule has 0 spiro atoms. The minimum atomic E-state index is 0.105. The number of rotatable bonds is 3. The van der Waals surface area contributed by atoms with E-state index in [-0.39, 0.29) is 6.04 Å². The van der Waals surface area contributed by atoms with Crippen molar-refractivity contribution in [3.05, 3.63) is 56.7 Å². The molecule has 1 aromatic heterocycles. The van der Waals surface area contributed by atoms with Crippen molar-refractivity contribution in [2.45, 2.75) is 37.6 Å². The topological polar surface area (TPSA) is 26.0 Å². The minimum absolute atomic E-state index is 0.105. The van der Waals surface area contributed by atoms with Crippen molar-refractivity contribution < 1.29 is 0 Å². The van der Waals surface area contributed by atoms with Crippen LogP contribution in [0.2, 0.25) is 4.34 Å². The van der Waals surface area contributed by atoms with Gasteiger partial charge >= 0.3 is 0 Å². The Bertz CT molecular complexity index is 563. The van der Waals surface area contributed by atoms with Crippen LogP contribution in [-0.2, 0) is 6.42 Å². The Morgan fingerprint density at radius 2 is 2.11 bits per heavy atom. The van der Waals surface area contributed by atoms with E-state index in [1.54, 1.807) is 11.3 Å². The number of halogens is 1. The normalized spacial score (nSPS) is 20.0. The molecule has 1 aliphatic carbocycles. The van der Waals surface area contributed by atoms with Crippen molar-refractivity contribution in [3.8, 4) is 0 Å². The van der Waals surface area contributed by atoms with Gasteiger partial charge in [0.05, 0.1) is 4.34 Å². The van der Waals surface area contributed by atoms with Crippen LogP contribution < -0.4 is 5.73 Å². The summed E-state index contributed by atoms with van der Waals surface area (Å²) in [6.07, 6.45) is 4.77. The Morgan fingerprint density at radius 1 is 1.26 bits per heavy atom. The molecule has 0 aliphatic heterocycles. The molecular weight excluding hydrogens is 274 g/mol. The Morgan fingerprint density at radius 3 is 2.89 bits per heavy atom. The van der Waals surface area contributed by atoms with Gasteiger partial charge in [-0.15, -0.1) is 11.3 Å². The van der Waals surface area contributed by atoms with Crippen LogP contribution in [-0.4, -0.2) is 0 Å².